The Balaban J connectivity index is 1.84. The van der Waals surface area contributed by atoms with Crippen LogP contribution < -0.4 is 10.6 Å². The smallest absolute Gasteiger partial charge is 0.308 e. The van der Waals surface area contributed by atoms with Gasteiger partial charge < -0.3 is 15.4 Å². The van der Waals surface area contributed by atoms with Gasteiger partial charge in [0, 0.05) is 6.92 Å². The van der Waals surface area contributed by atoms with Crippen LogP contribution in [-0.4, -0.2) is 24.4 Å². The Morgan fingerprint density at radius 1 is 0.931 bits per heavy atom. The molecular weight excluding hydrogens is 368 g/mol. The summed E-state index contributed by atoms with van der Waals surface area (Å²) in [5.41, 5.74) is 3.01. The fourth-order valence-corrected chi connectivity index (χ4v) is 2.96. The van der Waals surface area contributed by atoms with Crippen LogP contribution in [0.2, 0.25) is 0 Å². The van der Waals surface area contributed by atoms with Gasteiger partial charge in [0.05, 0.1) is 18.5 Å². The van der Waals surface area contributed by atoms with E-state index in [0.717, 1.165) is 17.5 Å². The van der Waals surface area contributed by atoms with Crippen LogP contribution in [0, 0.1) is 0 Å². The summed E-state index contributed by atoms with van der Waals surface area (Å²) in [6.07, 6.45) is 0.907. The van der Waals surface area contributed by atoms with Gasteiger partial charge in [-0.3, -0.25) is 14.4 Å². The zero-order chi connectivity index (χ0) is 21.2. The maximum atomic E-state index is 12.2. The molecule has 0 unspecified atom stereocenters. The number of hydrogen-bond acceptors (Lipinski definition) is 4. The molecule has 2 aromatic carbocycles. The maximum Gasteiger partial charge on any atom is 0.308 e. The summed E-state index contributed by atoms with van der Waals surface area (Å²) in [7, 11) is 0. The lowest BCUT2D eigenvalue weighted by molar-refractivity contribution is -0.149. The highest BCUT2D eigenvalue weighted by atomic mass is 16.5. The number of ether oxygens (including phenoxy) is 1. The molecule has 0 fully saturated rings. The van der Waals surface area contributed by atoms with Crippen LogP contribution in [0.1, 0.15) is 56.0 Å². The Kier molecular flexibility index (Phi) is 8.40. The summed E-state index contributed by atoms with van der Waals surface area (Å²) in [4.78, 5) is 35.8. The molecule has 6 heteroatoms. The van der Waals surface area contributed by atoms with Crippen molar-refractivity contribution in [1.29, 1.82) is 0 Å². The van der Waals surface area contributed by atoms with Crippen LogP contribution >= 0.6 is 0 Å². The minimum atomic E-state index is -0.553. The van der Waals surface area contributed by atoms with Gasteiger partial charge in [0.2, 0.25) is 5.91 Å². The van der Waals surface area contributed by atoms with E-state index in [0.29, 0.717) is 0 Å². The van der Waals surface area contributed by atoms with Gasteiger partial charge in [0.15, 0.2) is 6.61 Å². The van der Waals surface area contributed by atoms with Gasteiger partial charge in [-0.25, -0.2) is 0 Å². The third-order valence-corrected chi connectivity index (χ3v) is 4.58. The fourth-order valence-electron chi connectivity index (χ4n) is 2.96. The minimum Gasteiger partial charge on any atom is -0.456 e. The molecule has 0 radical (unpaired) electrons. The van der Waals surface area contributed by atoms with E-state index in [1.54, 1.807) is 0 Å². The third kappa shape index (κ3) is 7.41. The summed E-state index contributed by atoms with van der Waals surface area (Å²) in [6, 6.07) is 16.5. The topological polar surface area (TPSA) is 84.5 Å². The van der Waals surface area contributed by atoms with Gasteiger partial charge in [-0.15, -0.1) is 0 Å². The molecule has 2 N–H and O–H groups in total. The summed E-state index contributed by atoms with van der Waals surface area (Å²) in [5, 5.41) is 5.56. The standard InChI is InChI=1S/C23H28N2O4/c1-4-18-10-12-19(13-11-18)16(2)24-22(27)15-29-23(28)14-21(25-17(3)26)20-8-6-5-7-9-20/h5-13,16,21H,4,14-15H2,1-3H3,(H,24,27)(H,25,26)/t16-,21-/m0/s1. The predicted molar refractivity (Wildman–Crippen MR) is 111 cm³/mol. The molecule has 0 aliphatic rings. The molecule has 0 aliphatic heterocycles. The Bertz CT molecular complexity index is 819. The summed E-state index contributed by atoms with van der Waals surface area (Å²) < 4.78 is 5.11. The van der Waals surface area contributed by atoms with Crippen molar-refractivity contribution in [3.8, 4) is 0 Å². The van der Waals surface area contributed by atoms with Crippen LogP contribution in [0.3, 0.4) is 0 Å². The molecular formula is C23H28N2O4. The number of nitrogens with one attached hydrogen (secondary N) is 2. The number of amides is 2. The van der Waals surface area contributed by atoms with E-state index in [1.165, 1.54) is 12.5 Å². The zero-order valence-corrected chi connectivity index (χ0v) is 17.1. The third-order valence-electron chi connectivity index (χ3n) is 4.58. The normalized spacial score (nSPS) is 12.5. The number of rotatable bonds is 9. The molecule has 0 spiro atoms. The lowest BCUT2D eigenvalue weighted by Crippen LogP contribution is -2.32. The molecule has 0 bridgehead atoms. The first-order valence-corrected chi connectivity index (χ1v) is 9.75. The molecule has 0 heterocycles. The van der Waals surface area contributed by atoms with Crippen LogP contribution in [0.4, 0.5) is 0 Å². The molecule has 0 saturated heterocycles. The van der Waals surface area contributed by atoms with E-state index >= 15 is 0 Å². The predicted octanol–water partition coefficient (Wildman–Crippen LogP) is 3.24. The van der Waals surface area contributed by atoms with Crippen molar-refractivity contribution in [3.63, 3.8) is 0 Å². The average molecular weight is 396 g/mol. The van der Waals surface area contributed by atoms with Gasteiger partial charge in [0.25, 0.3) is 5.91 Å². The van der Waals surface area contributed by atoms with Crippen molar-refractivity contribution in [2.45, 2.75) is 45.7 Å². The second-order valence-electron chi connectivity index (χ2n) is 6.91. The Morgan fingerprint density at radius 2 is 1.59 bits per heavy atom. The van der Waals surface area contributed by atoms with Crippen LogP contribution in [0.15, 0.2) is 54.6 Å². The van der Waals surface area contributed by atoms with Gasteiger partial charge in [0.1, 0.15) is 0 Å². The van der Waals surface area contributed by atoms with E-state index in [9.17, 15) is 14.4 Å². The number of hydrogen-bond donors (Lipinski definition) is 2. The Labute approximate surface area is 171 Å². The van der Waals surface area contributed by atoms with Crippen LogP contribution in [0.25, 0.3) is 0 Å². The van der Waals surface area contributed by atoms with E-state index in [2.05, 4.69) is 17.6 Å². The molecule has 2 rings (SSSR count). The second-order valence-corrected chi connectivity index (χ2v) is 6.91. The first kappa shape index (κ1) is 22.1. The molecule has 2 amide bonds. The Morgan fingerprint density at radius 3 is 2.17 bits per heavy atom. The number of benzene rings is 2. The van der Waals surface area contributed by atoms with Crippen molar-refractivity contribution >= 4 is 17.8 Å². The first-order chi connectivity index (χ1) is 13.9. The molecule has 0 saturated carbocycles. The molecule has 29 heavy (non-hydrogen) atoms. The molecule has 0 aromatic heterocycles. The van der Waals surface area contributed by atoms with Crippen molar-refractivity contribution in [2.24, 2.45) is 0 Å². The highest BCUT2D eigenvalue weighted by Crippen LogP contribution is 2.17. The fraction of sp³-hybridized carbons (Fsp3) is 0.348. The lowest BCUT2D eigenvalue weighted by Gasteiger charge is -2.18. The molecule has 6 nitrogen and oxygen atoms in total. The molecule has 0 aliphatic carbocycles. The lowest BCUT2D eigenvalue weighted by atomic mass is 10.0. The van der Waals surface area contributed by atoms with Crippen molar-refractivity contribution in [2.75, 3.05) is 6.61 Å². The number of aryl methyl sites for hydroxylation is 1. The highest BCUT2D eigenvalue weighted by Gasteiger charge is 2.19. The van der Waals surface area contributed by atoms with Crippen LogP contribution in [0.5, 0.6) is 0 Å². The Hall–Kier alpha value is -3.15. The zero-order valence-electron chi connectivity index (χ0n) is 17.1. The monoisotopic (exact) mass is 396 g/mol. The van der Waals surface area contributed by atoms with Gasteiger partial charge in [-0.2, -0.15) is 0 Å². The number of carbonyl (C=O) groups is 3. The van der Waals surface area contributed by atoms with Gasteiger partial charge >= 0.3 is 5.97 Å². The van der Waals surface area contributed by atoms with Gasteiger partial charge in [-0.1, -0.05) is 61.5 Å². The van der Waals surface area contributed by atoms with E-state index in [4.69, 9.17) is 4.74 Å². The van der Waals surface area contributed by atoms with E-state index < -0.39 is 12.0 Å². The van der Waals surface area contributed by atoms with Gasteiger partial charge in [-0.05, 0) is 30.0 Å². The maximum absolute atomic E-state index is 12.2. The van der Waals surface area contributed by atoms with E-state index in [1.807, 2.05) is 61.5 Å². The SMILES string of the molecule is CCc1ccc([C@H](C)NC(=O)COC(=O)C[C@H](NC(C)=O)c2ccccc2)cc1. The molecule has 2 aromatic rings. The minimum absolute atomic E-state index is 0.0507. The molecule has 154 valence electrons. The first-order valence-electron chi connectivity index (χ1n) is 9.75. The summed E-state index contributed by atoms with van der Waals surface area (Å²) >= 11 is 0. The highest BCUT2D eigenvalue weighted by molar-refractivity contribution is 5.81. The van der Waals surface area contributed by atoms with Crippen LogP contribution in [-0.2, 0) is 25.5 Å². The number of esters is 1. The quantitative estimate of drug-likeness (QED) is 0.638. The summed E-state index contributed by atoms with van der Waals surface area (Å²) in [6.45, 7) is 4.99. The van der Waals surface area contributed by atoms with Crippen molar-refractivity contribution < 1.29 is 19.1 Å². The largest absolute Gasteiger partial charge is 0.456 e. The second kappa shape index (κ2) is 11.0. The average Bonchev–Trinajstić information content (AvgIpc) is 2.72. The van der Waals surface area contributed by atoms with E-state index in [-0.39, 0.29) is 30.9 Å². The molecule has 2 atom stereocenters. The number of carbonyl (C=O) groups excluding carboxylic acids is 3. The summed E-state index contributed by atoms with van der Waals surface area (Å²) in [5.74, 6) is -1.17. The van der Waals surface area contributed by atoms with Crippen molar-refractivity contribution in [1.82, 2.24) is 10.6 Å². The van der Waals surface area contributed by atoms with Crippen molar-refractivity contribution in [3.05, 3.63) is 71.3 Å².